The van der Waals surface area contributed by atoms with Crippen LogP contribution in [0.5, 0.6) is 0 Å². The third-order valence-electron chi connectivity index (χ3n) is 1.61. The van der Waals surface area contributed by atoms with Gasteiger partial charge in [-0.05, 0) is 6.42 Å². The smallest absolute Gasteiger partial charge is 0.212 e. The molecule has 2 N–H and O–H groups in total. The molecule has 0 saturated heterocycles. The van der Waals surface area contributed by atoms with Gasteiger partial charge in [0.05, 0.1) is 12.3 Å². The molecule has 0 aliphatic rings. The number of tetrazole rings is 1. The number of unbranched alkanes of at least 4 members (excludes halogenated alkanes) is 1. The molecule has 0 aliphatic carbocycles. The van der Waals surface area contributed by atoms with Crippen molar-refractivity contribution in [3.05, 3.63) is 5.82 Å². The van der Waals surface area contributed by atoms with Crippen molar-refractivity contribution in [3.8, 4) is 0 Å². The number of hydrogen-bond acceptors (Lipinski definition) is 5. The maximum absolute atomic E-state index is 11.3. The van der Waals surface area contributed by atoms with Crippen LogP contribution in [0.25, 0.3) is 0 Å². The lowest BCUT2D eigenvalue weighted by Gasteiger charge is -2.02. The van der Waals surface area contributed by atoms with Crippen molar-refractivity contribution >= 4 is 10.0 Å². The molecule has 14 heavy (non-hydrogen) atoms. The molecular weight excluding hydrogens is 206 g/mol. The van der Waals surface area contributed by atoms with Crippen LogP contribution in [0.3, 0.4) is 0 Å². The van der Waals surface area contributed by atoms with Crippen molar-refractivity contribution in [1.82, 2.24) is 25.3 Å². The highest BCUT2D eigenvalue weighted by Gasteiger charge is 2.09. The third-order valence-corrected chi connectivity index (χ3v) is 3.02. The van der Waals surface area contributed by atoms with Gasteiger partial charge < -0.3 is 0 Å². The normalized spacial score (nSPS) is 11.8. The van der Waals surface area contributed by atoms with Crippen LogP contribution in [0.4, 0.5) is 0 Å². The van der Waals surface area contributed by atoms with E-state index in [4.69, 9.17) is 0 Å². The molecule has 0 bridgehead atoms. The Labute approximate surface area is 82.3 Å². The van der Waals surface area contributed by atoms with Crippen molar-refractivity contribution in [2.24, 2.45) is 0 Å². The lowest BCUT2D eigenvalue weighted by Crippen LogP contribution is -2.26. The van der Waals surface area contributed by atoms with Crippen LogP contribution in [-0.4, -0.2) is 34.8 Å². The van der Waals surface area contributed by atoms with Gasteiger partial charge in [0, 0.05) is 0 Å². The van der Waals surface area contributed by atoms with Gasteiger partial charge >= 0.3 is 0 Å². The number of aromatic nitrogens is 4. The number of rotatable bonds is 6. The summed E-state index contributed by atoms with van der Waals surface area (Å²) >= 11 is 0. The molecule has 1 heterocycles. The van der Waals surface area contributed by atoms with E-state index in [0.717, 1.165) is 6.42 Å². The van der Waals surface area contributed by atoms with Gasteiger partial charge in [-0.3, -0.25) is 0 Å². The van der Waals surface area contributed by atoms with E-state index in [1.165, 1.54) is 0 Å². The first-order chi connectivity index (χ1) is 6.64. The molecule has 0 radical (unpaired) electrons. The lowest BCUT2D eigenvalue weighted by atomic mass is 10.4. The summed E-state index contributed by atoms with van der Waals surface area (Å²) in [5, 5.41) is 12.8. The van der Waals surface area contributed by atoms with Crippen molar-refractivity contribution in [2.75, 3.05) is 5.75 Å². The Bertz CT molecular complexity index is 346. The van der Waals surface area contributed by atoms with Crippen molar-refractivity contribution in [2.45, 2.75) is 26.3 Å². The fourth-order valence-corrected chi connectivity index (χ4v) is 2.00. The average Bonchev–Trinajstić information content (AvgIpc) is 2.64. The Hall–Kier alpha value is -1.02. The van der Waals surface area contributed by atoms with Crippen molar-refractivity contribution in [1.29, 1.82) is 0 Å². The van der Waals surface area contributed by atoms with E-state index in [1.807, 2.05) is 6.92 Å². The minimum Gasteiger partial charge on any atom is -0.212 e. The molecule has 0 spiro atoms. The first-order valence-electron chi connectivity index (χ1n) is 4.33. The first kappa shape index (κ1) is 11.1. The third kappa shape index (κ3) is 3.79. The first-order valence-corrected chi connectivity index (χ1v) is 5.99. The topological polar surface area (TPSA) is 101 Å². The SMILES string of the molecule is CCCCS(=O)(=O)NCc1nn[nH]n1. The van der Waals surface area contributed by atoms with Crippen LogP contribution < -0.4 is 4.72 Å². The van der Waals surface area contributed by atoms with Crippen LogP contribution in [-0.2, 0) is 16.6 Å². The van der Waals surface area contributed by atoms with Crippen LogP contribution in [0.15, 0.2) is 0 Å². The summed E-state index contributed by atoms with van der Waals surface area (Å²) < 4.78 is 25.0. The summed E-state index contributed by atoms with van der Waals surface area (Å²) in [5.41, 5.74) is 0. The maximum atomic E-state index is 11.3. The van der Waals surface area contributed by atoms with Crippen molar-refractivity contribution < 1.29 is 8.42 Å². The zero-order valence-corrected chi connectivity index (χ0v) is 8.71. The van der Waals surface area contributed by atoms with Crippen LogP contribution >= 0.6 is 0 Å². The predicted octanol–water partition coefficient (Wildman–Crippen LogP) is -0.581. The summed E-state index contributed by atoms with van der Waals surface area (Å²) in [6.45, 7) is 2.03. The summed E-state index contributed by atoms with van der Waals surface area (Å²) in [7, 11) is -3.19. The van der Waals surface area contributed by atoms with Crippen LogP contribution in [0, 0.1) is 0 Å². The second-order valence-electron chi connectivity index (χ2n) is 2.82. The molecule has 0 saturated carbocycles. The monoisotopic (exact) mass is 219 g/mol. The van der Waals surface area contributed by atoms with Crippen LogP contribution in [0.2, 0.25) is 0 Å². The van der Waals surface area contributed by atoms with E-state index in [1.54, 1.807) is 0 Å². The molecule has 0 aromatic carbocycles. The molecule has 0 fully saturated rings. The molecule has 8 heteroatoms. The summed E-state index contributed by atoms with van der Waals surface area (Å²) in [6, 6.07) is 0. The fourth-order valence-electron chi connectivity index (χ4n) is 0.838. The van der Waals surface area contributed by atoms with Gasteiger partial charge in [0.1, 0.15) is 0 Å². The van der Waals surface area contributed by atoms with Gasteiger partial charge in [0.15, 0.2) is 5.82 Å². The Morgan fingerprint density at radius 1 is 1.50 bits per heavy atom. The second kappa shape index (κ2) is 5.01. The number of hydrogen-bond donors (Lipinski definition) is 2. The molecule has 0 aliphatic heterocycles. The minimum atomic E-state index is -3.19. The number of nitrogens with zero attached hydrogens (tertiary/aromatic N) is 3. The van der Waals surface area contributed by atoms with E-state index in [9.17, 15) is 8.42 Å². The van der Waals surface area contributed by atoms with Crippen LogP contribution in [0.1, 0.15) is 25.6 Å². The van der Waals surface area contributed by atoms with E-state index in [-0.39, 0.29) is 12.3 Å². The highest BCUT2D eigenvalue weighted by atomic mass is 32.2. The molecule has 0 amide bonds. The Morgan fingerprint density at radius 2 is 2.29 bits per heavy atom. The zero-order valence-electron chi connectivity index (χ0n) is 7.89. The maximum Gasteiger partial charge on any atom is 0.212 e. The summed E-state index contributed by atoms with van der Waals surface area (Å²) in [6.07, 6.45) is 1.50. The quantitative estimate of drug-likeness (QED) is 0.666. The van der Waals surface area contributed by atoms with E-state index < -0.39 is 10.0 Å². The number of sulfonamides is 1. The predicted molar refractivity (Wildman–Crippen MR) is 49.7 cm³/mol. The van der Waals surface area contributed by atoms with Gasteiger partial charge in [-0.25, -0.2) is 13.1 Å². The standard InChI is InChI=1S/C6H13N5O2S/c1-2-3-4-14(12,13)7-5-6-8-10-11-9-6/h7H,2-5H2,1H3,(H,8,9,10,11). The Morgan fingerprint density at radius 3 is 2.86 bits per heavy atom. The Balaban J connectivity index is 2.37. The fraction of sp³-hybridized carbons (Fsp3) is 0.833. The van der Waals surface area contributed by atoms with Crippen molar-refractivity contribution in [3.63, 3.8) is 0 Å². The summed E-state index contributed by atoms with van der Waals surface area (Å²) in [4.78, 5) is 0. The molecule has 80 valence electrons. The van der Waals surface area contributed by atoms with Gasteiger partial charge in [-0.1, -0.05) is 18.6 Å². The van der Waals surface area contributed by atoms with Gasteiger partial charge in [-0.15, -0.1) is 10.2 Å². The molecule has 1 aromatic heterocycles. The molecule has 0 atom stereocenters. The molecular formula is C6H13N5O2S. The van der Waals surface area contributed by atoms with Gasteiger partial charge in [-0.2, -0.15) is 5.21 Å². The highest BCUT2D eigenvalue weighted by Crippen LogP contribution is 1.94. The van der Waals surface area contributed by atoms with Gasteiger partial charge in [0.2, 0.25) is 10.0 Å². The number of aromatic amines is 1. The molecule has 1 rings (SSSR count). The number of H-pyrrole nitrogens is 1. The average molecular weight is 219 g/mol. The van der Waals surface area contributed by atoms with E-state index in [2.05, 4.69) is 25.3 Å². The lowest BCUT2D eigenvalue weighted by molar-refractivity contribution is 0.576. The van der Waals surface area contributed by atoms with E-state index in [0.29, 0.717) is 12.2 Å². The largest absolute Gasteiger partial charge is 0.212 e. The van der Waals surface area contributed by atoms with Gasteiger partial charge in [0.25, 0.3) is 0 Å². The summed E-state index contributed by atoms with van der Waals surface area (Å²) in [5.74, 6) is 0.478. The Kier molecular flexibility index (Phi) is 3.96. The highest BCUT2D eigenvalue weighted by molar-refractivity contribution is 7.89. The second-order valence-corrected chi connectivity index (χ2v) is 4.75. The molecule has 7 nitrogen and oxygen atoms in total. The molecule has 1 aromatic rings. The number of nitrogens with one attached hydrogen (secondary N) is 2. The zero-order chi connectivity index (χ0) is 10.4. The van der Waals surface area contributed by atoms with E-state index >= 15 is 0 Å². The minimum absolute atomic E-state index is 0.0859. The molecule has 0 unspecified atom stereocenters.